The van der Waals surface area contributed by atoms with Crippen molar-refractivity contribution in [3.8, 4) is 11.3 Å². The molecule has 14 nitrogen and oxygen atoms in total. The van der Waals surface area contributed by atoms with Gasteiger partial charge in [-0.15, -0.1) is 0 Å². The molecule has 0 fully saturated rings. The summed E-state index contributed by atoms with van der Waals surface area (Å²) in [6, 6.07) is 12.9. The number of anilines is 1. The van der Waals surface area contributed by atoms with Crippen LogP contribution in [0.3, 0.4) is 0 Å². The predicted octanol–water partition coefficient (Wildman–Crippen LogP) is 6.06. The Labute approximate surface area is 361 Å². The zero-order chi connectivity index (χ0) is 44.5. The Balaban J connectivity index is 1.67. The largest absolute Gasteiger partial charge is 0.744 e. The highest BCUT2D eigenvalue weighted by Gasteiger charge is 2.40. The van der Waals surface area contributed by atoms with Gasteiger partial charge in [0, 0.05) is 55.6 Å². The van der Waals surface area contributed by atoms with Gasteiger partial charge in [0.25, 0.3) is 0 Å². The highest BCUT2D eigenvalue weighted by atomic mass is 32.2. The van der Waals surface area contributed by atoms with Crippen molar-refractivity contribution in [1.29, 1.82) is 0 Å². The molecular weight excluding hydrogens is 805 g/mol. The molecule has 2 heterocycles. The third-order valence-corrected chi connectivity index (χ3v) is 11.3. The van der Waals surface area contributed by atoms with Crippen LogP contribution in [0.4, 0.5) is 5.69 Å². The van der Waals surface area contributed by atoms with Crippen LogP contribution in [0.15, 0.2) is 69.6 Å². The molecule has 0 saturated carbocycles. The topological polar surface area (TPSA) is 169 Å². The molecule has 0 unspecified atom stereocenters. The van der Waals surface area contributed by atoms with Crippen LogP contribution < -0.4 is 14.8 Å². The fraction of sp³-hybridized carbons (Fsp3) is 0.565. The molecule has 0 bridgehead atoms. The van der Waals surface area contributed by atoms with Crippen LogP contribution in [0.1, 0.15) is 77.2 Å². The number of hydrogen-bond donors (Lipinski definition) is 1. The summed E-state index contributed by atoms with van der Waals surface area (Å²) in [7, 11) is -1.38. The maximum atomic E-state index is 12.0. The molecule has 0 radical (unpaired) electrons. The van der Waals surface area contributed by atoms with E-state index in [1.807, 2.05) is 32.1 Å². The molecule has 0 saturated heterocycles. The van der Waals surface area contributed by atoms with Crippen molar-refractivity contribution in [2.45, 2.75) is 76.0 Å². The predicted molar refractivity (Wildman–Crippen MR) is 234 cm³/mol. The Bertz CT molecular complexity index is 2040. The number of benzene rings is 2. The minimum atomic E-state index is -4.66. The smallest absolute Gasteiger partial charge is 0.303 e. The van der Waals surface area contributed by atoms with Gasteiger partial charge in [0.2, 0.25) is 5.36 Å². The number of ether oxygens (including phenoxy) is 6. The van der Waals surface area contributed by atoms with Crippen molar-refractivity contribution in [1.82, 2.24) is 4.58 Å². The lowest BCUT2D eigenvalue weighted by Crippen LogP contribution is -2.36. The molecule has 338 valence electrons. The van der Waals surface area contributed by atoms with E-state index in [0.29, 0.717) is 104 Å². The van der Waals surface area contributed by atoms with E-state index in [0.717, 1.165) is 45.6 Å². The number of aliphatic carboxylic acids is 1. The summed E-state index contributed by atoms with van der Waals surface area (Å²) in [6.45, 7) is 17.4. The summed E-state index contributed by atoms with van der Waals surface area (Å²) in [5, 5.41) is 10.1. The molecule has 15 heteroatoms. The van der Waals surface area contributed by atoms with E-state index in [1.54, 1.807) is 20.3 Å². The summed E-state index contributed by atoms with van der Waals surface area (Å²) in [6.07, 6.45) is 7.97. The standard InChI is InChI=1S/C46H66N2O12S/c1-45(2,3)39-33-36(12-11-13-43-46(4,5)40-34-37(61(51,52)53)16-18-41(40)48(43)19-10-8-9-14-44(49)50)60-42-32-35(15-17-38(39)42)47(20-22-56-28-30-58-26-24-54-6)21-23-57-29-31-59-27-25-55-7/h11-13,15-18,32-34H,8-10,14,19-31H2,1-7H3,(H-,49,50,51,52,53). The van der Waals surface area contributed by atoms with Crippen molar-refractivity contribution in [3.05, 3.63) is 82.6 Å². The Morgan fingerprint density at radius 2 is 1.44 bits per heavy atom. The van der Waals surface area contributed by atoms with Crippen molar-refractivity contribution in [2.75, 3.05) is 105 Å². The lowest BCUT2D eigenvalue weighted by Gasteiger charge is -2.27. The zero-order valence-electron chi connectivity index (χ0n) is 37.0. The first kappa shape index (κ1) is 49.7. The van der Waals surface area contributed by atoms with E-state index >= 15 is 0 Å². The van der Waals surface area contributed by atoms with Crippen LogP contribution >= 0.6 is 0 Å². The van der Waals surface area contributed by atoms with Crippen LogP contribution in [0.2, 0.25) is 0 Å². The quantitative estimate of drug-likeness (QED) is 0.0534. The molecular formula is C46H66N2O12S. The van der Waals surface area contributed by atoms with Crippen LogP contribution in [-0.2, 0) is 54.2 Å². The third kappa shape index (κ3) is 15.1. The number of rotatable bonds is 27. The maximum absolute atomic E-state index is 12.0. The Morgan fingerprint density at radius 1 is 0.836 bits per heavy atom. The molecule has 0 aromatic heterocycles. The molecule has 1 aliphatic carbocycles. The number of carboxylic acid groups (broad SMARTS) is 1. The van der Waals surface area contributed by atoms with Gasteiger partial charge < -0.3 is 47.4 Å². The fourth-order valence-electron chi connectivity index (χ4n) is 7.25. The average molecular weight is 871 g/mol. The van der Waals surface area contributed by atoms with Crippen molar-refractivity contribution in [2.24, 2.45) is 0 Å². The molecule has 1 aromatic carbocycles. The average Bonchev–Trinajstić information content (AvgIpc) is 3.41. The molecule has 0 atom stereocenters. The van der Waals surface area contributed by atoms with Crippen molar-refractivity contribution >= 4 is 27.9 Å². The van der Waals surface area contributed by atoms with Crippen LogP contribution in [0, 0.1) is 0 Å². The second-order valence-corrected chi connectivity index (χ2v) is 17.8. The van der Waals surface area contributed by atoms with Crippen LogP contribution in [-0.4, -0.2) is 124 Å². The van der Waals surface area contributed by atoms with E-state index in [2.05, 4.69) is 54.5 Å². The summed E-state index contributed by atoms with van der Waals surface area (Å²) >= 11 is 0. The first-order valence-electron chi connectivity index (χ1n) is 21.0. The SMILES string of the molecule is COCCOCCOCC[N+](CCOCCOCCOC)=c1ccc2c(C(C)(C)C)cc(/C=C/C=C3/N(CCCCCC(=O)O)c4ccc(S(=O)(=O)[O-])cc4C3(C)C)oc-2c1. The van der Waals surface area contributed by atoms with Gasteiger partial charge in [-0.25, -0.2) is 13.0 Å². The molecule has 1 aromatic rings. The fourth-order valence-corrected chi connectivity index (χ4v) is 7.75. The van der Waals surface area contributed by atoms with Gasteiger partial charge in [0.05, 0.1) is 63.8 Å². The molecule has 0 spiro atoms. The van der Waals surface area contributed by atoms with E-state index in [1.165, 1.54) is 12.1 Å². The number of hydrogen-bond acceptors (Lipinski definition) is 12. The highest BCUT2D eigenvalue weighted by molar-refractivity contribution is 7.85. The molecule has 61 heavy (non-hydrogen) atoms. The molecule has 4 rings (SSSR count). The number of carbonyl (C=O) groups is 1. The van der Waals surface area contributed by atoms with Gasteiger partial charge in [-0.2, -0.15) is 0 Å². The minimum Gasteiger partial charge on any atom is -0.744 e. The van der Waals surface area contributed by atoms with E-state index in [-0.39, 0.29) is 16.7 Å². The molecule has 3 aliphatic rings. The molecule has 0 amide bonds. The number of carboxylic acids is 1. The number of unbranched alkanes of at least 4 members (excludes halogenated alkanes) is 2. The van der Waals surface area contributed by atoms with Gasteiger partial charge in [0.1, 0.15) is 34.9 Å². The lowest BCUT2D eigenvalue weighted by atomic mass is 9.82. The van der Waals surface area contributed by atoms with Gasteiger partial charge in [-0.1, -0.05) is 47.1 Å². The monoisotopic (exact) mass is 870 g/mol. The van der Waals surface area contributed by atoms with Crippen molar-refractivity contribution < 1.29 is 55.7 Å². The summed E-state index contributed by atoms with van der Waals surface area (Å²) in [4.78, 5) is 13.0. The number of nitrogens with zero attached hydrogens (tertiary/aromatic N) is 2. The second kappa shape index (κ2) is 24.1. The van der Waals surface area contributed by atoms with Crippen molar-refractivity contribution in [3.63, 3.8) is 0 Å². The molecule has 1 N–H and O–H groups in total. The number of methoxy groups -OCH3 is 2. The summed E-state index contributed by atoms with van der Waals surface area (Å²) in [5.41, 5.74) is 3.75. The number of fused-ring (bicyclic) bond motifs is 2. The zero-order valence-corrected chi connectivity index (χ0v) is 37.9. The number of allylic oxidation sites excluding steroid dienone is 3. The lowest BCUT2D eigenvalue weighted by molar-refractivity contribution is -0.137. The molecule has 2 aliphatic heterocycles. The van der Waals surface area contributed by atoms with Gasteiger partial charge in [-0.05, 0) is 71.9 Å². The highest BCUT2D eigenvalue weighted by Crippen LogP contribution is 2.48. The Kier molecular flexibility index (Phi) is 19.6. The third-order valence-electron chi connectivity index (χ3n) is 10.5. The second-order valence-electron chi connectivity index (χ2n) is 16.4. The maximum Gasteiger partial charge on any atom is 0.303 e. The van der Waals surface area contributed by atoms with E-state index < -0.39 is 21.5 Å². The van der Waals surface area contributed by atoms with Gasteiger partial charge in [0.15, 0.2) is 13.1 Å². The summed E-state index contributed by atoms with van der Waals surface area (Å²) in [5.74, 6) is 0.555. The summed E-state index contributed by atoms with van der Waals surface area (Å²) < 4.78 is 77.9. The van der Waals surface area contributed by atoms with Gasteiger partial charge in [-0.3, -0.25) is 4.79 Å². The Morgan fingerprint density at radius 3 is 2.02 bits per heavy atom. The van der Waals surface area contributed by atoms with Crippen LogP contribution in [0.25, 0.3) is 17.4 Å². The van der Waals surface area contributed by atoms with Crippen LogP contribution in [0.5, 0.6) is 0 Å². The van der Waals surface area contributed by atoms with Gasteiger partial charge >= 0.3 is 5.97 Å². The first-order chi connectivity index (χ1) is 29.1. The normalized spacial score (nSPS) is 14.8. The first-order valence-corrected chi connectivity index (χ1v) is 22.4. The van der Waals surface area contributed by atoms with E-state index in [9.17, 15) is 17.8 Å². The minimum absolute atomic E-state index is 0.101. The van der Waals surface area contributed by atoms with E-state index in [4.69, 9.17) is 37.9 Å². The Hall–Kier alpha value is -3.93.